The van der Waals surface area contributed by atoms with E-state index in [1.165, 1.54) is 0 Å². The van der Waals surface area contributed by atoms with Crippen LogP contribution in [0.3, 0.4) is 0 Å². The van der Waals surface area contributed by atoms with Crippen molar-refractivity contribution in [2.45, 2.75) is 0 Å². The van der Waals surface area contributed by atoms with E-state index in [4.69, 9.17) is 5.26 Å². The quantitative estimate of drug-likeness (QED) is 0.631. The highest BCUT2D eigenvalue weighted by Gasteiger charge is 2.03. The van der Waals surface area contributed by atoms with Crippen LogP contribution in [-0.4, -0.2) is 9.38 Å². The van der Waals surface area contributed by atoms with E-state index in [9.17, 15) is 0 Å². The van der Waals surface area contributed by atoms with E-state index in [1.54, 1.807) is 6.20 Å². The smallest absolute Gasteiger partial charge is 0.137 e. The molecule has 3 aromatic rings. The fourth-order valence-corrected chi connectivity index (χ4v) is 1.90. The number of imidazole rings is 1. The molecule has 0 radical (unpaired) electrons. The number of nitrogens with zero attached hydrogens (tertiary/aromatic N) is 3. The number of nitriles is 1. The molecule has 0 bridgehead atoms. The van der Waals surface area contributed by atoms with Gasteiger partial charge in [-0.25, -0.2) is 4.98 Å². The van der Waals surface area contributed by atoms with Gasteiger partial charge in [0.1, 0.15) is 5.65 Å². The lowest BCUT2D eigenvalue weighted by atomic mass is 10.1. The minimum Gasteiger partial charge on any atom is -0.300 e. The maximum absolute atomic E-state index is 8.77. The first-order chi connectivity index (χ1) is 8.38. The van der Waals surface area contributed by atoms with Gasteiger partial charge in [0, 0.05) is 12.4 Å². The molecule has 3 nitrogen and oxygen atoms in total. The third kappa shape index (κ3) is 1.56. The summed E-state index contributed by atoms with van der Waals surface area (Å²) in [7, 11) is 0. The Morgan fingerprint density at radius 1 is 1.06 bits per heavy atom. The summed E-state index contributed by atoms with van der Waals surface area (Å²) in [6.45, 7) is 0. The van der Waals surface area contributed by atoms with Crippen molar-refractivity contribution in [3.63, 3.8) is 0 Å². The first-order valence-electron chi connectivity index (χ1n) is 5.31. The number of rotatable bonds is 1. The molecule has 2 heterocycles. The first-order valence-corrected chi connectivity index (χ1v) is 5.31. The molecule has 0 amide bonds. The fourth-order valence-electron chi connectivity index (χ4n) is 1.90. The molecule has 1 aromatic carbocycles. The van der Waals surface area contributed by atoms with Crippen molar-refractivity contribution in [1.82, 2.24) is 9.38 Å². The van der Waals surface area contributed by atoms with Gasteiger partial charge in [-0.15, -0.1) is 0 Å². The van der Waals surface area contributed by atoms with Crippen LogP contribution in [0.15, 0.2) is 54.9 Å². The van der Waals surface area contributed by atoms with Gasteiger partial charge in [-0.1, -0.05) is 18.2 Å². The Labute approximate surface area is 98.6 Å². The van der Waals surface area contributed by atoms with Gasteiger partial charge < -0.3 is 0 Å². The second-order valence-electron chi connectivity index (χ2n) is 3.76. The Kier molecular flexibility index (Phi) is 2.13. The van der Waals surface area contributed by atoms with E-state index in [0.717, 1.165) is 16.9 Å². The van der Waals surface area contributed by atoms with Crippen molar-refractivity contribution in [2.75, 3.05) is 0 Å². The topological polar surface area (TPSA) is 41.1 Å². The number of fused-ring (bicyclic) bond motifs is 1. The predicted molar refractivity (Wildman–Crippen MR) is 65.3 cm³/mol. The van der Waals surface area contributed by atoms with Gasteiger partial charge in [-0.3, -0.25) is 4.40 Å². The van der Waals surface area contributed by atoms with Crippen molar-refractivity contribution >= 4 is 5.65 Å². The molecule has 0 atom stereocenters. The van der Waals surface area contributed by atoms with Crippen LogP contribution in [-0.2, 0) is 0 Å². The van der Waals surface area contributed by atoms with Crippen LogP contribution >= 0.6 is 0 Å². The van der Waals surface area contributed by atoms with Crippen LogP contribution < -0.4 is 0 Å². The van der Waals surface area contributed by atoms with Crippen LogP contribution in [0.25, 0.3) is 16.9 Å². The minimum atomic E-state index is 0.673. The van der Waals surface area contributed by atoms with E-state index >= 15 is 0 Å². The Bertz CT molecular complexity index is 702. The van der Waals surface area contributed by atoms with E-state index in [2.05, 4.69) is 11.1 Å². The molecule has 0 unspecified atom stereocenters. The summed E-state index contributed by atoms with van der Waals surface area (Å²) >= 11 is 0. The minimum absolute atomic E-state index is 0.673. The molecule has 0 saturated carbocycles. The summed E-state index contributed by atoms with van der Waals surface area (Å²) in [5.74, 6) is 0. The van der Waals surface area contributed by atoms with Crippen molar-refractivity contribution in [3.8, 4) is 17.3 Å². The molecule has 0 aliphatic rings. The maximum Gasteiger partial charge on any atom is 0.137 e. The van der Waals surface area contributed by atoms with E-state index in [0.29, 0.717) is 5.56 Å². The maximum atomic E-state index is 8.77. The SMILES string of the molecule is N#Cc1ccc(-c2cccc3nccn23)cc1. The predicted octanol–water partition coefficient (Wildman–Crippen LogP) is 2.87. The summed E-state index contributed by atoms with van der Waals surface area (Å²) in [6.07, 6.45) is 3.71. The number of hydrogen-bond donors (Lipinski definition) is 0. The molecular formula is C14H9N3. The standard InChI is InChI=1S/C14H9N3/c15-10-11-4-6-12(7-5-11)13-2-1-3-14-16-8-9-17(13)14/h1-9H. The molecule has 3 heteroatoms. The van der Waals surface area contributed by atoms with Crippen molar-refractivity contribution in [2.24, 2.45) is 0 Å². The molecular weight excluding hydrogens is 210 g/mol. The van der Waals surface area contributed by atoms with Gasteiger partial charge in [0.2, 0.25) is 0 Å². The molecule has 0 N–H and O–H groups in total. The molecule has 0 aliphatic heterocycles. The van der Waals surface area contributed by atoms with Gasteiger partial charge in [0.05, 0.1) is 17.3 Å². The molecule has 17 heavy (non-hydrogen) atoms. The van der Waals surface area contributed by atoms with E-state index < -0.39 is 0 Å². The third-order valence-corrected chi connectivity index (χ3v) is 2.74. The summed E-state index contributed by atoms with van der Waals surface area (Å²) in [5, 5.41) is 8.77. The lowest BCUT2D eigenvalue weighted by molar-refractivity contribution is 1.19. The average molecular weight is 219 g/mol. The highest BCUT2D eigenvalue weighted by Crippen LogP contribution is 2.20. The zero-order chi connectivity index (χ0) is 11.7. The molecule has 0 aliphatic carbocycles. The van der Waals surface area contributed by atoms with Gasteiger partial charge >= 0.3 is 0 Å². The first kappa shape index (κ1) is 9.61. The van der Waals surface area contributed by atoms with E-state index in [-0.39, 0.29) is 0 Å². The Hall–Kier alpha value is -2.60. The average Bonchev–Trinajstić information content (AvgIpc) is 2.87. The lowest BCUT2D eigenvalue weighted by Gasteiger charge is -2.05. The Morgan fingerprint density at radius 3 is 2.65 bits per heavy atom. The van der Waals surface area contributed by atoms with Crippen molar-refractivity contribution in [3.05, 3.63) is 60.4 Å². The van der Waals surface area contributed by atoms with Crippen LogP contribution in [0.2, 0.25) is 0 Å². The monoisotopic (exact) mass is 219 g/mol. The lowest BCUT2D eigenvalue weighted by Crippen LogP contribution is -1.90. The zero-order valence-corrected chi connectivity index (χ0v) is 9.04. The molecule has 0 saturated heterocycles. The Balaban J connectivity index is 2.20. The summed E-state index contributed by atoms with van der Waals surface area (Å²) < 4.78 is 2.03. The van der Waals surface area contributed by atoms with Gasteiger partial charge in [-0.2, -0.15) is 5.26 Å². The Morgan fingerprint density at radius 2 is 1.88 bits per heavy atom. The molecule has 3 rings (SSSR count). The zero-order valence-electron chi connectivity index (χ0n) is 9.04. The molecule has 2 aromatic heterocycles. The molecule has 0 fully saturated rings. The van der Waals surface area contributed by atoms with Gasteiger partial charge in [0.25, 0.3) is 0 Å². The highest BCUT2D eigenvalue weighted by molar-refractivity contribution is 5.64. The number of pyridine rings is 1. The fraction of sp³-hybridized carbons (Fsp3) is 0. The second kappa shape index (κ2) is 3.76. The summed E-state index contributed by atoms with van der Waals surface area (Å²) in [4.78, 5) is 4.25. The van der Waals surface area contributed by atoms with Crippen LogP contribution in [0.4, 0.5) is 0 Å². The van der Waals surface area contributed by atoms with Gasteiger partial charge in [-0.05, 0) is 29.8 Å². The van der Waals surface area contributed by atoms with E-state index in [1.807, 2.05) is 53.1 Å². The number of benzene rings is 1. The van der Waals surface area contributed by atoms with Crippen LogP contribution in [0.1, 0.15) is 5.56 Å². The van der Waals surface area contributed by atoms with Crippen molar-refractivity contribution in [1.29, 1.82) is 5.26 Å². The van der Waals surface area contributed by atoms with Gasteiger partial charge in [0.15, 0.2) is 0 Å². The highest BCUT2D eigenvalue weighted by atomic mass is 15.0. The van der Waals surface area contributed by atoms with Crippen LogP contribution in [0, 0.1) is 11.3 Å². The number of hydrogen-bond acceptors (Lipinski definition) is 2. The summed E-state index contributed by atoms with van der Waals surface area (Å²) in [6, 6.07) is 15.7. The number of aromatic nitrogens is 2. The van der Waals surface area contributed by atoms with Crippen molar-refractivity contribution < 1.29 is 0 Å². The molecule has 80 valence electrons. The molecule has 0 spiro atoms. The second-order valence-corrected chi connectivity index (χ2v) is 3.76. The summed E-state index contributed by atoms with van der Waals surface area (Å²) in [5.41, 5.74) is 3.75. The van der Waals surface area contributed by atoms with Crippen LogP contribution in [0.5, 0.6) is 0 Å². The normalized spacial score (nSPS) is 10.3. The largest absolute Gasteiger partial charge is 0.300 e. The third-order valence-electron chi connectivity index (χ3n) is 2.74.